The Morgan fingerprint density at radius 2 is 1.80 bits per heavy atom. The molecule has 0 aromatic rings. The number of carbonyl (C=O) groups excluding carboxylic acids is 2. The van der Waals surface area contributed by atoms with Crippen LogP contribution in [0.3, 0.4) is 0 Å². The number of Topliss-reactive ketones (excluding diaryl/α,β-unsaturated/α-hetero) is 1. The van der Waals surface area contributed by atoms with E-state index in [1.165, 1.54) is 38.5 Å². The monoisotopic (exact) mass is 458 g/mol. The minimum Gasteiger partial charge on any atom is -0.460 e. The van der Waals surface area contributed by atoms with Crippen LogP contribution in [0, 0.1) is 40.4 Å². The van der Waals surface area contributed by atoms with E-state index >= 15 is 0 Å². The van der Waals surface area contributed by atoms with Crippen LogP contribution in [0.2, 0.25) is 0 Å². The predicted molar refractivity (Wildman–Crippen MR) is 117 cm³/mol. The van der Waals surface area contributed by atoms with Gasteiger partial charge in [0.2, 0.25) is 4.84 Å². The highest BCUT2D eigenvalue weighted by molar-refractivity contribution is 6.52. The Labute approximate surface area is 190 Å². The molecule has 30 heavy (non-hydrogen) atoms. The summed E-state index contributed by atoms with van der Waals surface area (Å²) in [6, 6.07) is 0. The number of halogens is 2. The molecule has 0 heterocycles. The van der Waals surface area contributed by atoms with E-state index in [9.17, 15) is 9.59 Å². The van der Waals surface area contributed by atoms with Crippen LogP contribution in [-0.2, 0) is 19.1 Å². The second-order valence-electron chi connectivity index (χ2n) is 10.8. The lowest BCUT2D eigenvalue weighted by Crippen LogP contribution is -2.59. The molecule has 170 valence electrons. The van der Waals surface area contributed by atoms with Crippen molar-refractivity contribution in [2.45, 2.75) is 82.6 Å². The Hall–Kier alpha value is -0.320. The quantitative estimate of drug-likeness (QED) is 0.398. The number of rotatable bonds is 5. The molecule has 0 aromatic heterocycles. The lowest BCUT2D eigenvalue weighted by molar-refractivity contribution is -0.193. The molecule has 0 saturated heterocycles. The van der Waals surface area contributed by atoms with Gasteiger partial charge in [0, 0.05) is 18.9 Å². The number of hydrogen-bond acceptors (Lipinski definition) is 4. The van der Waals surface area contributed by atoms with E-state index in [2.05, 4.69) is 13.8 Å². The number of esters is 1. The van der Waals surface area contributed by atoms with Crippen molar-refractivity contribution in [2.75, 3.05) is 13.7 Å². The first-order valence-corrected chi connectivity index (χ1v) is 12.6. The first kappa shape index (κ1) is 22.9. The molecule has 4 aliphatic rings. The Balaban J connectivity index is 1.70. The number of ether oxygens (including phenoxy) is 2. The van der Waals surface area contributed by atoms with E-state index in [1.807, 2.05) is 0 Å². The van der Waals surface area contributed by atoms with Gasteiger partial charge in [-0.3, -0.25) is 4.79 Å². The summed E-state index contributed by atoms with van der Waals surface area (Å²) in [5.41, 5.74) is 0.0317. The third kappa shape index (κ3) is 3.63. The van der Waals surface area contributed by atoms with Crippen molar-refractivity contribution < 1.29 is 19.1 Å². The first-order chi connectivity index (χ1) is 14.2. The molecule has 0 unspecified atom stereocenters. The third-order valence-electron chi connectivity index (χ3n) is 9.61. The Bertz CT molecular complexity index is 682. The summed E-state index contributed by atoms with van der Waals surface area (Å²) in [5.74, 6) is 1.66. The van der Waals surface area contributed by atoms with Crippen molar-refractivity contribution in [3.63, 3.8) is 0 Å². The molecule has 0 N–H and O–H groups in total. The van der Waals surface area contributed by atoms with Crippen LogP contribution in [0.1, 0.15) is 71.6 Å². The van der Waals surface area contributed by atoms with Gasteiger partial charge in [0.05, 0.1) is 0 Å². The molecular formula is C24H36Cl2O4. The second-order valence-corrected chi connectivity index (χ2v) is 11.9. The summed E-state index contributed by atoms with van der Waals surface area (Å²) in [6.45, 7) is 4.86. The van der Waals surface area contributed by atoms with Gasteiger partial charge in [-0.25, -0.2) is 4.79 Å². The number of hydrogen-bond donors (Lipinski definition) is 0. The van der Waals surface area contributed by atoms with Crippen LogP contribution < -0.4 is 0 Å². The highest BCUT2D eigenvalue weighted by atomic mass is 35.5. The number of fused-ring (bicyclic) bond motifs is 5. The van der Waals surface area contributed by atoms with Crippen LogP contribution in [0.25, 0.3) is 0 Å². The van der Waals surface area contributed by atoms with E-state index in [0.717, 1.165) is 19.3 Å². The minimum atomic E-state index is -1.16. The second kappa shape index (κ2) is 8.56. The average Bonchev–Trinajstić information content (AvgIpc) is 3.04. The molecule has 0 spiro atoms. The molecule has 8 atom stereocenters. The van der Waals surface area contributed by atoms with Crippen LogP contribution in [-0.4, -0.2) is 36.4 Å². The zero-order valence-electron chi connectivity index (χ0n) is 18.5. The van der Waals surface area contributed by atoms with Gasteiger partial charge in [-0.2, -0.15) is 0 Å². The summed E-state index contributed by atoms with van der Waals surface area (Å²) < 4.78 is 11.2. The molecule has 0 bridgehead atoms. The molecule has 4 fully saturated rings. The van der Waals surface area contributed by atoms with Crippen molar-refractivity contribution in [3.05, 3.63) is 0 Å². The van der Waals surface area contributed by atoms with Crippen molar-refractivity contribution in [3.8, 4) is 0 Å². The van der Waals surface area contributed by atoms with Crippen molar-refractivity contribution in [1.29, 1.82) is 0 Å². The van der Waals surface area contributed by atoms with Crippen LogP contribution in [0.15, 0.2) is 0 Å². The lowest BCUT2D eigenvalue weighted by Gasteiger charge is -2.62. The smallest absolute Gasteiger partial charge is 0.339 e. The Kier molecular flexibility index (Phi) is 6.52. The van der Waals surface area contributed by atoms with Crippen LogP contribution in [0.4, 0.5) is 0 Å². The Morgan fingerprint density at radius 1 is 1.03 bits per heavy atom. The molecule has 4 saturated carbocycles. The summed E-state index contributed by atoms with van der Waals surface area (Å²) in [7, 11) is 1.58. The summed E-state index contributed by atoms with van der Waals surface area (Å²) >= 11 is 11.8. The molecule has 0 amide bonds. The number of carbonyl (C=O) groups is 2. The fourth-order valence-electron chi connectivity index (χ4n) is 8.47. The number of alkyl halides is 2. The largest absolute Gasteiger partial charge is 0.460 e. The maximum atomic E-state index is 12.9. The highest BCUT2D eigenvalue weighted by Gasteiger charge is 2.64. The minimum absolute atomic E-state index is 0.0238. The van der Waals surface area contributed by atoms with Crippen molar-refractivity contribution in [1.82, 2.24) is 0 Å². The first-order valence-electron chi connectivity index (χ1n) is 11.7. The normalized spacial score (nSPS) is 45.4. The summed E-state index contributed by atoms with van der Waals surface area (Å²) in [6.07, 6.45) is 10.00. The van der Waals surface area contributed by atoms with Gasteiger partial charge in [-0.05, 0) is 73.5 Å². The molecule has 0 radical (unpaired) electrons. The van der Waals surface area contributed by atoms with Gasteiger partial charge < -0.3 is 9.47 Å². The van der Waals surface area contributed by atoms with Gasteiger partial charge in [0.1, 0.15) is 12.7 Å². The van der Waals surface area contributed by atoms with E-state index < -0.39 is 10.8 Å². The molecule has 4 nitrogen and oxygen atoms in total. The SMILES string of the molecule is COCC(=O)[C@H]1CC[C@H]2[C@@H]3CC[C@H]4CCCC[C@]4(C)[C@H]3[C@@H](OC(=O)C(Cl)Cl)C[C@]12C. The van der Waals surface area contributed by atoms with E-state index in [-0.39, 0.29) is 35.2 Å². The number of ketones is 1. The zero-order chi connectivity index (χ0) is 21.7. The molecule has 0 aliphatic heterocycles. The van der Waals surface area contributed by atoms with Crippen molar-refractivity contribution >= 4 is 35.0 Å². The molecule has 4 aliphatic carbocycles. The van der Waals surface area contributed by atoms with Gasteiger partial charge in [-0.15, -0.1) is 0 Å². The lowest BCUT2D eigenvalue weighted by atomic mass is 9.44. The zero-order valence-corrected chi connectivity index (χ0v) is 20.0. The van der Waals surface area contributed by atoms with Crippen LogP contribution >= 0.6 is 23.2 Å². The molecule has 0 aromatic carbocycles. The van der Waals surface area contributed by atoms with Gasteiger partial charge in [-0.1, -0.05) is 49.9 Å². The average molecular weight is 459 g/mol. The van der Waals surface area contributed by atoms with E-state index in [1.54, 1.807) is 7.11 Å². The molecular weight excluding hydrogens is 423 g/mol. The summed E-state index contributed by atoms with van der Waals surface area (Å²) in [4.78, 5) is 24.2. The topological polar surface area (TPSA) is 52.6 Å². The third-order valence-corrected chi connectivity index (χ3v) is 9.97. The fraction of sp³-hybridized carbons (Fsp3) is 0.917. The fourth-order valence-corrected chi connectivity index (χ4v) is 8.57. The van der Waals surface area contributed by atoms with E-state index in [4.69, 9.17) is 32.7 Å². The summed E-state index contributed by atoms with van der Waals surface area (Å²) in [5, 5.41) is 0. The van der Waals surface area contributed by atoms with E-state index in [0.29, 0.717) is 23.7 Å². The maximum Gasteiger partial charge on any atom is 0.339 e. The predicted octanol–water partition coefficient (Wildman–Crippen LogP) is 5.58. The van der Waals surface area contributed by atoms with Crippen molar-refractivity contribution in [2.24, 2.45) is 40.4 Å². The van der Waals surface area contributed by atoms with Crippen LogP contribution in [0.5, 0.6) is 0 Å². The van der Waals surface area contributed by atoms with Gasteiger partial charge in [0.15, 0.2) is 5.78 Å². The standard InChI is InChI=1S/C24H36Cl2O4/c1-23-11-5-4-6-14(23)7-8-15-16-9-10-17(18(27)13-29-3)24(16,2)12-19(20(15)23)30-22(28)21(25)26/h14-17,19-21H,4-13H2,1-3H3/t14-,15+,16+,17-,19+,20-,23+,24+/m1/s1. The highest BCUT2D eigenvalue weighted by Crippen LogP contribution is 2.68. The van der Waals surface area contributed by atoms with Gasteiger partial charge >= 0.3 is 5.97 Å². The molecule has 6 heteroatoms. The molecule has 4 rings (SSSR count). The number of methoxy groups -OCH3 is 1. The maximum absolute atomic E-state index is 12.9. The van der Waals surface area contributed by atoms with Gasteiger partial charge in [0.25, 0.3) is 0 Å². The Morgan fingerprint density at radius 3 is 2.50 bits per heavy atom.